The highest BCUT2D eigenvalue weighted by Crippen LogP contribution is 2.44. The van der Waals surface area contributed by atoms with Crippen LogP contribution in [-0.2, 0) is 4.79 Å². The molecule has 0 bridgehead atoms. The monoisotopic (exact) mass is 250 g/mol. The van der Waals surface area contributed by atoms with Gasteiger partial charge >= 0.3 is 0 Å². The van der Waals surface area contributed by atoms with Gasteiger partial charge in [-0.15, -0.1) is 0 Å². The number of hydrogen-bond donors (Lipinski definition) is 4. The lowest BCUT2D eigenvalue weighted by Crippen LogP contribution is -2.24. The summed E-state index contributed by atoms with van der Waals surface area (Å²) < 4.78 is 0. The third kappa shape index (κ3) is 1.35. The largest absolute Gasteiger partial charge is 0.507 e. The van der Waals surface area contributed by atoms with E-state index in [1.807, 2.05) is 0 Å². The number of carbonyl (C=O) groups excluding carboxylic acids is 2. The van der Waals surface area contributed by atoms with Crippen molar-refractivity contribution in [1.29, 1.82) is 0 Å². The molecule has 1 aromatic carbocycles. The Bertz CT molecular complexity index is 611. The minimum Gasteiger partial charge on any atom is -0.507 e. The molecule has 0 spiro atoms. The molecule has 1 aliphatic carbocycles. The minimum atomic E-state index is -1.02. The molecule has 0 radical (unpaired) electrons. The number of aliphatic hydroxyl groups excluding tert-OH is 1. The summed E-state index contributed by atoms with van der Waals surface area (Å²) in [5.74, 6) is -4.92. The molecular formula is C12H10O6. The molecule has 6 nitrogen and oxygen atoms in total. The molecule has 94 valence electrons. The van der Waals surface area contributed by atoms with Crippen molar-refractivity contribution >= 4 is 17.3 Å². The Balaban J connectivity index is 2.88. The highest BCUT2D eigenvalue weighted by molar-refractivity contribution is 6.52. The quantitative estimate of drug-likeness (QED) is 0.440. The number of benzene rings is 1. The van der Waals surface area contributed by atoms with Crippen LogP contribution in [0, 0.1) is 0 Å². The molecule has 2 rings (SSSR count). The fourth-order valence-corrected chi connectivity index (χ4v) is 1.91. The van der Waals surface area contributed by atoms with Crippen LogP contribution in [0.5, 0.6) is 17.2 Å². The zero-order valence-electron chi connectivity index (χ0n) is 9.39. The predicted octanol–water partition coefficient (Wildman–Crippen LogP) is 1.25. The number of aromatic hydroxyl groups is 3. The summed E-state index contributed by atoms with van der Waals surface area (Å²) in [5, 5.41) is 38.1. The fraction of sp³-hybridized carbons (Fsp3) is 0.167. The molecule has 1 aromatic rings. The van der Waals surface area contributed by atoms with Crippen LogP contribution in [0.1, 0.15) is 29.3 Å². The zero-order valence-corrected chi connectivity index (χ0v) is 9.39. The molecule has 0 amide bonds. The van der Waals surface area contributed by atoms with Gasteiger partial charge in [-0.3, -0.25) is 9.59 Å². The van der Waals surface area contributed by atoms with Gasteiger partial charge in [-0.2, -0.15) is 0 Å². The van der Waals surface area contributed by atoms with E-state index in [1.165, 1.54) is 0 Å². The molecule has 0 aromatic heterocycles. The number of allylic oxidation sites excluding steroid dienone is 1. The molecule has 0 unspecified atom stereocenters. The van der Waals surface area contributed by atoms with Gasteiger partial charge in [0.1, 0.15) is 5.76 Å². The Morgan fingerprint density at radius 2 is 1.61 bits per heavy atom. The maximum atomic E-state index is 11.8. The number of phenols is 3. The fourth-order valence-electron chi connectivity index (χ4n) is 1.91. The molecule has 0 saturated heterocycles. The van der Waals surface area contributed by atoms with Gasteiger partial charge < -0.3 is 20.4 Å². The third-order valence-corrected chi connectivity index (χ3v) is 2.86. The van der Waals surface area contributed by atoms with Crippen molar-refractivity contribution in [3.63, 3.8) is 0 Å². The number of hydrogen-bond acceptors (Lipinski definition) is 6. The van der Waals surface area contributed by atoms with Crippen molar-refractivity contribution in [3.8, 4) is 17.2 Å². The van der Waals surface area contributed by atoms with Crippen LogP contribution in [0.15, 0.2) is 11.6 Å². The Morgan fingerprint density at radius 3 is 2.17 bits per heavy atom. The predicted molar refractivity (Wildman–Crippen MR) is 60.6 cm³/mol. The van der Waals surface area contributed by atoms with Gasteiger partial charge in [-0.1, -0.05) is 6.92 Å². The normalized spacial score (nSPS) is 14.9. The van der Waals surface area contributed by atoms with Gasteiger partial charge in [-0.25, -0.2) is 0 Å². The summed E-state index contributed by atoms with van der Waals surface area (Å²) in [6, 6.07) is 0.930. The average Bonchev–Trinajstić information content (AvgIpc) is 2.34. The number of Topliss-reactive ketones (excluding diaryl/α,β-unsaturated/α-hetero) is 2. The van der Waals surface area contributed by atoms with Crippen molar-refractivity contribution in [3.05, 3.63) is 22.8 Å². The Morgan fingerprint density at radius 1 is 1.00 bits per heavy atom. The summed E-state index contributed by atoms with van der Waals surface area (Å²) in [4.78, 5) is 23.4. The van der Waals surface area contributed by atoms with Crippen molar-refractivity contribution in [2.45, 2.75) is 13.3 Å². The first-order chi connectivity index (χ1) is 8.40. The third-order valence-electron chi connectivity index (χ3n) is 2.86. The van der Waals surface area contributed by atoms with Crippen molar-refractivity contribution in [2.24, 2.45) is 0 Å². The lowest BCUT2D eigenvalue weighted by Gasteiger charge is -2.18. The van der Waals surface area contributed by atoms with E-state index < -0.39 is 40.1 Å². The van der Waals surface area contributed by atoms with E-state index in [2.05, 4.69) is 0 Å². The van der Waals surface area contributed by atoms with Crippen molar-refractivity contribution in [1.82, 2.24) is 0 Å². The van der Waals surface area contributed by atoms with E-state index >= 15 is 0 Å². The lowest BCUT2D eigenvalue weighted by atomic mass is 9.86. The molecule has 0 saturated carbocycles. The Hall–Kier alpha value is -2.50. The number of carbonyl (C=O) groups is 2. The van der Waals surface area contributed by atoms with E-state index in [0.29, 0.717) is 0 Å². The smallest absolute Gasteiger partial charge is 0.237 e. The van der Waals surface area contributed by atoms with E-state index in [-0.39, 0.29) is 17.6 Å². The van der Waals surface area contributed by atoms with Gasteiger partial charge in [0.25, 0.3) is 0 Å². The Kier molecular flexibility index (Phi) is 2.50. The highest BCUT2D eigenvalue weighted by Gasteiger charge is 2.36. The first-order valence-corrected chi connectivity index (χ1v) is 5.19. The number of fused-ring (bicyclic) bond motifs is 1. The summed E-state index contributed by atoms with van der Waals surface area (Å²) >= 11 is 0. The summed E-state index contributed by atoms with van der Waals surface area (Å²) in [5.41, 5.74) is -0.744. The van der Waals surface area contributed by atoms with Crippen molar-refractivity contribution < 1.29 is 30.0 Å². The molecule has 6 heteroatoms. The Labute approximate surface area is 101 Å². The molecule has 0 atom stereocenters. The van der Waals surface area contributed by atoms with Crippen LogP contribution in [-0.4, -0.2) is 32.0 Å². The average molecular weight is 250 g/mol. The number of rotatable bonds is 1. The number of aliphatic hydroxyl groups is 1. The molecule has 0 aliphatic heterocycles. The standard InChI is InChI=1S/C12H10O6/c1-2-4-8(14)5-3-6(13)10(16)12(18)7(5)11(17)9(4)15/h3,13-14,16,18H,2H2,1H3. The maximum absolute atomic E-state index is 11.8. The first kappa shape index (κ1) is 12.0. The summed E-state index contributed by atoms with van der Waals surface area (Å²) in [6.07, 6.45) is 0.137. The summed E-state index contributed by atoms with van der Waals surface area (Å²) in [6.45, 7) is 1.59. The molecule has 4 N–H and O–H groups in total. The highest BCUT2D eigenvalue weighted by atomic mass is 16.3. The van der Waals surface area contributed by atoms with Crippen LogP contribution in [0.25, 0.3) is 5.76 Å². The lowest BCUT2D eigenvalue weighted by molar-refractivity contribution is -0.112. The van der Waals surface area contributed by atoms with Crippen LogP contribution >= 0.6 is 0 Å². The molecule has 0 heterocycles. The van der Waals surface area contributed by atoms with Crippen LogP contribution in [0.2, 0.25) is 0 Å². The van der Waals surface area contributed by atoms with Crippen LogP contribution in [0.3, 0.4) is 0 Å². The van der Waals surface area contributed by atoms with E-state index in [4.69, 9.17) is 0 Å². The second kappa shape index (κ2) is 3.76. The van der Waals surface area contributed by atoms with E-state index in [9.17, 15) is 30.0 Å². The maximum Gasteiger partial charge on any atom is 0.237 e. The van der Waals surface area contributed by atoms with E-state index in [0.717, 1.165) is 6.07 Å². The number of ketones is 2. The topological polar surface area (TPSA) is 115 Å². The molecule has 0 fully saturated rings. The van der Waals surface area contributed by atoms with Crippen molar-refractivity contribution in [2.75, 3.05) is 0 Å². The van der Waals surface area contributed by atoms with Gasteiger partial charge in [0.2, 0.25) is 17.3 Å². The second-order valence-electron chi connectivity index (χ2n) is 3.85. The minimum absolute atomic E-state index is 0.0861. The molecule has 18 heavy (non-hydrogen) atoms. The van der Waals surface area contributed by atoms with Gasteiger partial charge in [0, 0.05) is 11.1 Å². The second-order valence-corrected chi connectivity index (χ2v) is 3.85. The first-order valence-electron chi connectivity index (χ1n) is 5.19. The van der Waals surface area contributed by atoms with E-state index in [1.54, 1.807) is 6.92 Å². The molecule has 1 aliphatic rings. The number of phenolic OH excluding ortho intramolecular Hbond substituents is 3. The van der Waals surface area contributed by atoms with Crippen LogP contribution in [0.4, 0.5) is 0 Å². The van der Waals surface area contributed by atoms with Gasteiger partial charge in [0.15, 0.2) is 11.5 Å². The molecular weight excluding hydrogens is 240 g/mol. The van der Waals surface area contributed by atoms with Gasteiger partial charge in [0.05, 0.1) is 5.56 Å². The van der Waals surface area contributed by atoms with Gasteiger partial charge in [-0.05, 0) is 12.5 Å². The van der Waals surface area contributed by atoms with Crippen LogP contribution < -0.4 is 0 Å². The zero-order chi connectivity index (χ0) is 13.6. The summed E-state index contributed by atoms with van der Waals surface area (Å²) in [7, 11) is 0. The SMILES string of the molecule is CCC1=C(O)c2cc(O)c(O)c(O)c2C(=O)C1=O.